The monoisotopic (exact) mass is 192 g/mol. The first-order valence-electron chi connectivity index (χ1n) is 4.25. The molecule has 74 valence electrons. The Bertz CT molecular complexity index is 319. The van der Waals surface area contributed by atoms with Gasteiger partial charge in [-0.15, -0.1) is 6.58 Å². The lowest BCUT2D eigenvalue weighted by Crippen LogP contribution is -2.26. The van der Waals surface area contributed by atoms with Gasteiger partial charge in [-0.2, -0.15) is 0 Å². The van der Waals surface area contributed by atoms with Crippen LogP contribution in [0.2, 0.25) is 0 Å². The van der Waals surface area contributed by atoms with E-state index in [-0.39, 0.29) is 0 Å². The summed E-state index contributed by atoms with van der Waals surface area (Å²) >= 11 is 0. The maximum absolute atomic E-state index is 10.6. The first-order chi connectivity index (χ1) is 6.66. The molecule has 0 bridgehead atoms. The Morgan fingerprint density at radius 3 is 2.36 bits per heavy atom. The normalized spacial score (nSPS) is 14.4. The van der Waals surface area contributed by atoms with Crippen LogP contribution in [-0.4, -0.2) is 22.3 Å². The molecule has 1 aromatic carbocycles. The van der Waals surface area contributed by atoms with Crippen LogP contribution in [0.15, 0.2) is 43.0 Å². The van der Waals surface area contributed by atoms with Crippen LogP contribution in [-0.2, 0) is 4.79 Å². The molecule has 0 spiro atoms. The van der Waals surface area contributed by atoms with Crippen LogP contribution in [0.4, 0.5) is 0 Å². The predicted octanol–water partition coefficient (Wildman–Crippen LogP) is 1.40. The van der Waals surface area contributed by atoms with Crippen LogP contribution in [0.25, 0.3) is 0 Å². The molecular formula is C11H12O3. The zero-order chi connectivity index (χ0) is 10.6. The highest BCUT2D eigenvalue weighted by Crippen LogP contribution is 2.20. The third-order valence-corrected chi connectivity index (χ3v) is 2.03. The van der Waals surface area contributed by atoms with Gasteiger partial charge in [-0.1, -0.05) is 36.4 Å². The third kappa shape index (κ3) is 2.20. The smallest absolute Gasteiger partial charge is 0.333 e. The van der Waals surface area contributed by atoms with E-state index < -0.39 is 18.0 Å². The molecule has 3 heteroatoms. The molecular weight excluding hydrogens is 180 g/mol. The van der Waals surface area contributed by atoms with Crippen molar-refractivity contribution < 1.29 is 15.0 Å². The number of benzene rings is 1. The second kappa shape index (κ2) is 4.58. The molecule has 2 atom stereocenters. The molecule has 0 heterocycles. The van der Waals surface area contributed by atoms with Gasteiger partial charge < -0.3 is 10.2 Å². The van der Waals surface area contributed by atoms with Gasteiger partial charge in [0.05, 0.1) is 0 Å². The molecule has 0 saturated heterocycles. The summed E-state index contributed by atoms with van der Waals surface area (Å²) in [5.74, 6) is -1.80. The van der Waals surface area contributed by atoms with E-state index in [1.807, 2.05) is 6.07 Å². The van der Waals surface area contributed by atoms with Crippen molar-refractivity contribution in [2.75, 3.05) is 0 Å². The largest absolute Gasteiger partial charge is 0.479 e. The highest BCUT2D eigenvalue weighted by Gasteiger charge is 2.24. The highest BCUT2D eigenvalue weighted by atomic mass is 16.4. The van der Waals surface area contributed by atoms with E-state index in [0.29, 0.717) is 0 Å². The van der Waals surface area contributed by atoms with E-state index in [2.05, 4.69) is 6.58 Å². The lowest BCUT2D eigenvalue weighted by Gasteiger charge is -2.15. The van der Waals surface area contributed by atoms with Gasteiger partial charge in [0.2, 0.25) is 0 Å². The highest BCUT2D eigenvalue weighted by molar-refractivity contribution is 5.74. The molecule has 0 aliphatic heterocycles. The number of aliphatic carboxylic acids is 1. The first-order valence-corrected chi connectivity index (χ1v) is 4.25. The second-order valence-corrected chi connectivity index (χ2v) is 2.96. The fraction of sp³-hybridized carbons (Fsp3) is 0.182. The lowest BCUT2D eigenvalue weighted by molar-refractivity contribution is -0.147. The first kappa shape index (κ1) is 10.5. The van der Waals surface area contributed by atoms with Crippen LogP contribution in [0.1, 0.15) is 11.5 Å². The average Bonchev–Trinajstić information content (AvgIpc) is 2.20. The number of carboxylic acid groups (broad SMARTS) is 1. The minimum atomic E-state index is -1.44. The molecule has 3 nitrogen and oxygen atoms in total. The fourth-order valence-corrected chi connectivity index (χ4v) is 1.28. The Labute approximate surface area is 82.3 Å². The molecule has 1 rings (SSSR count). The maximum Gasteiger partial charge on any atom is 0.333 e. The van der Waals surface area contributed by atoms with Crippen LogP contribution >= 0.6 is 0 Å². The van der Waals surface area contributed by atoms with Crippen LogP contribution in [0.5, 0.6) is 0 Å². The van der Waals surface area contributed by atoms with Crippen LogP contribution in [0.3, 0.4) is 0 Å². The van der Waals surface area contributed by atoms with Gasteiger partial charge >= 0.3 is 5.97 Å². The van der Waals surface area contributed by atoms with Gasteiger partial charge in [0.25, 0.3) is 0 Å². The summed E-state index contributed by atoms with van der Waals surface area (Å²) < 4.78 is 0. The lowest BCUT2D eigenvalue weighted by atomic mass is 9.94. The van der Waals surface area contributed by atoms with Crippen LogP contribution < -0.4 is 0 Å². The molecule has 0 aliphatic rings. The van der Waals surface area contributed by atoms with E-state index >= 15 is 0 Å². The predicted molar refractivity (Wildman–Crippen MR) is 53.0 cm³/mol. The number of hydrogen-bond donors (Lipinski definition) is 2. The number of aliphatic hydroxyl groups excluding tert-OH is 1. The zero-order valence-corrected chi connectivity index (χ0v) is 7.63. The Morgan fingerprint density at radius 2 is 1.93 bits per heavy atom. The summed E-state index contributed by atoms with van der Waals surface area (Å²) in [7, 11) is 0. The van der Waals surface area contributed by atoms with Crippen molar-refractivity contribution in [3.05, 3.63) is 48.6 Å². The molecule has 0 fully saturated rings. The van der Waals surface area contributed by atoms with Gasteiger partial charge in [0.15, 0.2) is 6.10 Å². The van der Waals surface area contributed by atoms with Crippen molar-refractivity contribution >= 4 is 5.97 Å². The van der Waals surface area contributed by atoms with Gasteiger partial charge in [0, 0.05) is 5.92 Å². The zero-order valence-electron chi connectivity index (χ0n) is 7.63. The van der Waals surface area contributed by atoms with Gasteiger partial charge in [0.1, 0.15) is 0 Å². The van der Waals surface area contributed by atoms with E-state index in [1.54, 1.807) is 24.3 Å². The SMILES string of the molecule is C=CC(c1ccccc1)C(O)C(=O)O. The molecule has 0 amide bonds. The summed E-state index contributed by atoms with van der Waals surface area (Å²) in [4.78, 5) is 10.6. The van der Waals surface area contributed by atoms with E-state index in [9.17, 15) is 9.90 Å². The van der Waals surface area contributed by atoms with Crippen molar-refractivity contribution in [1.82, 2.24) is 0 Å². The van der Waals surface area contributed by atoms with E-state index in [4.69, 9.17) is 5.11 Å². The Hall–Kier alpha value is -1.61. The molecule has 0 aromatic heterocycles. The average molecular weight is 192 g/mol. The minimum absolute atomic E-state index is 0.561. The molecule has 2 unspecified atom stereocenters. The fourth-order valence-electron chi connectivity index (χ4n) is 1.28. The molecule has 0 radical (unpaired) electrons. The summed E-state index contributed by atoms with van der Waals surface area (Å²) in [6, 6.07) is 8.94. The topological polar surface area (TPSA) is 57.5 Å². The van der Waals surface area contributed by atoms with Crippen molar-refractivity contribution in [3.63, 3.8) is 0 Å². The number of carboxylic acids is 1. The summed E-state index contributed by atoms with van der Waals surface area (Å²) in [5.41, 5.74) is 0.748. The number of aliphatic hydroxyl groups is 1. The summed E-state index contributed by atoms with van der Waals surface area (Å²) in [6.07, 6.45) is 0.00333. The Balaban J connectivity index is 2.93. The van der Waals surface area contributed by atoms with Crippen molar-refractivity contribution in [1.29, 1.82) is 0 Å². The molecule has 0 saturated carbocycles. The molecule has 1 aromatic rings. The minimum Gasteiger partial charge on any atom is -0.479 e. The van der Waals surface area contributed by atoms with Crippen LogP contribution in [0, 0.1) is 0 Å². The molecule has 2 N–H and O–H groups in total. The van der Waals surface area contributed by atoms with Gasteiger partial charge in [-0.05, 0) is 5.56 Å². The maximum atomic E-state index is 10.6. The standard InChI is InChI=1S/C11H12O3/c1-2-9(10(12)11(13)14)8-6-4-3-5-7-8/h2-7,9-10,12H,1H2,(H,13,14). The Kier molecular flexibility index (Phi) is 3.42. The van der Waals surface area contributed by atoms with Crippen molar-refractivity contribution in [3.8, 4) is 0 Å². The van der Waals surface area contributed by atoms with Gasteiger partial charge in [-0.25, -0.2) is 4.79 Å². The van der Waals surface area contributed by atoms with Crippen molar-refractivity contribution in [2.45, 2.75) is 12.0 Å². The van der Waals surface area contributed by atoms with E-state index in [0.717, 1.165) is 5.56 Å². The Morgan fingerprint density at radius 1 is 1.36 bits per heavy atom. The quantitative estimate of drug-likeness (QED) is 0.709. The summed E-state index contributed by atoms with van der Waals surface area (Å²) in [5, 5.41) is 18.0. The molecule has 0 aliphatic carbocycles. The number of carbonyl (C=O) groups is 1. The van der Waals surface area contributed by atoms with E-state index in [1.165, 1.54) is 6.08 Å². The number of hydrogen-bond acceptors (Lipinski definition) is 2. The molecule has 14 heavy (non-hydrogen) atoms. The van der Waals surface area contributed by atoms with Gasteiger partial charge in [-0.3, -0.25) is 0 Å². The number of rotatable bonds is 4. The summed E-state index contributed by atoms with van der Waals surface area (Å²) in [6.45, 7) is 3.52. The van der Waals surface area contributed by atoms with Crippen molar-refractivity contribution in [2.24, 2.45) is 0 Å². The third-order valence-electron chi connectivity index (χ3n) is 2.03. The second-order valence-electron chi connectivity index (χ2n) is 2.96.